The lowest BCUT2D eigenvalue weighted by atomic mass is 10.2. The monoisotopic (exact) mass is 145 g/mol. The van der Waals surface area contributed by atoms with Crippen molar-refractivity contribution in [2.24, 2.45) is 0 Å². The van der Waals surface area contributed by atoms with E-state index in [9.17, 15) is 4.79 Å². The Kier molecular flexibility index (Phi) is 8.04. The maximum atomic E-state index is 9.68. The Hall–Kier alpha value is 0.0200. The van der Waals surface area contributed by atoms with Crippen molar-refractivity contribution in [1.82, 2.24) is 0 Å². The third-order valence-electron chi connectivity index (χ3n) is 1.16. The van der Waals surface area contributed by atoms with Crippen LogP contribution in [0.2, 0.25) is 0 Å². The zero-order chi connectivity index (χ0) is 6.95. The largest absolute Gasteiger partial charge is 0.277 e. The number of thioether (sulfide) groups is 1. The highest BCUT2D eigenvalue weighted by Gasteiger charge is 1.86. The van der Waals surface area contributed by atoms with E-state index in [1.165, 1.54) is 31.0 Å². The first-order valence-corrected chi connectivity index (χ1v) is 4.39. The molecule has 0 saturated heterocycles. The molecule has 0 aliphatic heterocycles. The van der Waals surface area contributed by atoms with E-state index < -0.39 is 0 Å². The smallest absolute Gasteiger partial charge is 0.266 e. The normalized spacial score (nSPS) is 9.44. The van der Waals surface area contributed by atoms with E-state index in [0.29, 0.717) is 0 Å². The van der Waals surface area contributed by atoms with Crippen LogP contribution in [0.1, 0.15) is 32.6 Å². The lowest BCUT2D eigenvalue weighted by molar-refractivity contribution is 0.570. The fraction of sp³-hybridized carbons (Fsp3) is 0.857. The molecule has 0 spiro atoms. The van der Waals surface area contributed by atoms with Crippen molar-refractivity contribution in [3.8, 4) is 0 Å². The topological polar surface area (TPSA) is 17.1 Å². The molecule has 0 bridgehead atoms. The number of hydrogen-bond acceptors (Lipinski definition) is 2. The second-order valence-electron chi connectivity index (χ2n) is 1.99. The van der Waals surface area contributed by atoms with Crippen LogP contribution in [0, 0.1) is 0 Å². The second-order valence-corrected chi connectivity index (χ2v) is 2.86. The Morgan fingerprint density at radius 3 is 2.67 bits per heavy atom. The van der Waals surface area contributed by atoms with Gasteiger partial charge in [0.25, 0.3) is 5.62 Å². The number of unbranched alkanes of at least 4 members (excludes halogenated alkanes) is 3. The van der Waals surface area contributed by atoms with Crippen molar-refractivity contribution in [2.45, 2.75) is 32.6 Å². The zero-order valence-corrected chi connectivity index (χ0v) is 6.67. The summed E-state index contributed by atoms with van der Waals surface area (Å²) < 4.78 is 0. The Morgan fingerprint density at radius 2 is 2.11 bits per heavy atom. The minimum Gasteiger partial charge on any atom is -0.277 e. The molecule has 0 aromatic rings. The summed E-state index contributed by atoms with van der Waals surface area (Å²) in [7, 11) is 0. The van der Waals surface area contributed by atoms with E-state index in [0.717, 1.165) is 12.2 Å². The van der Waals surface area contributed by atoms with Crippen LogP contribution in [0.3, 0.4) is 0 Å². The second kappa shape index (κ2) is 8.02. The minimum atomic E-state index is 0.948. The molecule has 0 aliphatic rings. The Balaban J connectivity index is 2.66. The van der Waals surface area contributed by atoms with Crippen LogP contribution in [-0.4, -0.2) is 11.4 Å². The predicted octanol–water partition coefficient (Wildman–Crippen LogP) is 2.37. The number of hydrogen-bond donors (Lipinski definition) is 0. The van der Waals surface area contributed by atoms with Gasteiger partial charge in [0.05, 0.1) is 0 Å². The lowest BCUT2D eigenvalue weighted by Crippen LogP contribution is -1.79. The van der Waals surface area contributed by atoms with Crippen molar-refractivity contribution in [3.05, 3.63) is 0 Å². The quantitative estimate of drug-likeness (QED) is 0.534. The standard InChI is InChI=1S/C7H13OS/c1-2-3-4-5-6-9-7-8/h2-6H2,1H3. The maximum Gasteiger partial charge on any atom is 0.266 e. The molecule has 1 nitrogen and oxygen atoms in total. The van der Waals surface area contributed by atoms with E-state index in [2.05, 4.69) is 6.92 Å². The maximum absolute atomic E-state index is 9.68. The van der Waals surface area contributed by atoms with Gasteiger partial charge in [0.15, 0.2) is 0 Å². The summed E-state index contributed by atoms with van der Waals surface area (Å²) in [5.41, 5.74) is 1.81. The molecule has 0 amide bonds. The third-order valence-corrected chi connectivity index (χ3v) is 1.77. The SMILES string of the molecule is CCCCCCS[C]=O. The molecule has 0 heterocycles. The van der Waals surface area contributed by atoms with Gasteiger partial charge in [0.2, 0.25) is 0 Å². The van der Waals surface area contributed by atoms with Crippen LogP contribution >= 0.6 is 11.8 Å². The van der Waals surface area contributed by atoms with Gasteiger partial charge in [-0.25, -0.2) is 0 Å². The molecule has 1 radical (unpaired) electrons. The van der Waals surface area contributed by atoms with Crippen molar-refractivity contribution >= 4 is 17.4 Å². The predicted molar refractivity (Wildman–Crippen MR) is 42.3 cm³/mol. The molecular formula is C7H13OS. The molecule has 0 N–H and O–H groups in total. The first-order valence-electron chi connectivity index (χ1n) is 3.40. The summed E-state index contributed by atoms with van der Waals surface area (Å²) >= 11 is 1.25. The van der Waals surface area contributed by atoms with E-state index in [4.69, 9.17) is 0 Å². The summed E-state index contributed by atoms with van der Waals surface area (Å²) in [5, 5.41) is 0. The first-order chi connectivity index (χ1) is 4.41. The van der Waals surface area contributed by atoms with Gasteiger partial charge in [-0.3, -0.25) is 4.79 Å². The summed E-state index contributed by atoms with van der Waals surface area (Å²) in [4.78, 5) is 9.68. The summed E-state index contributed by atoms with van der Waals surface area (Å²) in [6, 6.07) is 0. The lowest BCUT2D eigenvalue weighted by Gasteiger charge is -1.92. The zero-order valence-electron chi connectivity index (χ0n) is 5.85. The Labute approximate surface area is 61.2 Å². The molecule has 0 aromatic carbocycles. The summed E-state index contributed by atoms with van der Waals surface area (Å²) in [6.45, 7) is 2.18. The van der Waals surface area contributed by atoms with Crippen molar-refractivity contribution < 1.29 is 4.79 Å². The molecular weight excluding hydrogens is 132 g/mol. The van der Waals surface area contributed by atoms with Crippen LogP contribution in [0.25, 0.3) is 0 Å². The van der Waals surface area contributed by atoms with Crippen molar-refractivity contribution in [3.63, 3.8) is 0 Å². The summed E-state index contributed by atoms with van der Waals surface area (Å²) in [6.07, 6.45) is 4.97. The Bertz CT molecular complexity index is 63.9. The molecule has 0 saturated carbocycles. The molecule has 9 heavy (non-hydrogen) atoms. The van der Waals surface area contributed by atoms with Gasteiger partial charge in [-0.1, -0.05) is 37.9 Å². The fourth-order valence-electron chi connectivity index (χ4n) is 0.643. The fourth-order valence-corrected chi connectivity index (χ4v) is 1.07. The van der Waals surface area contributed by atoms with Gasteiger partial charge in [-0.2, -0.15) is 0 Å². The number of carbonyl (C=O) groups excluding carboxylic acids is 1. The van der Waals surface area contributed by atoms with Crippen molar-refractivity contribution in [2.75, 3.05) is 5.75 Å². The van der Waals surface area contributed by atoms with E-state index in [-0.39, 0.29) is 0 Å². The minimum absolute atomic E-state index is 0.948. The van der Waals surface area contributed by atoms with Crippen LogP contribution < -0.4 is 0 Å². The third kappa shape index (κ3) is 8.02. The van der Waals surface area contributed by atoms with Crippen LogP contribution in [0.15, 0.2) is 0 Å². The van der Waals surface area contributed by atoms with E-state index in [1.54, 1.807) is 0 Å². The van der Waals surface area contributed by atoms with Gasteiger partial charge in [0, 0.05) is 5.75 Å². The van der Waals surface area contributed by atoms with E-state index >= 15 is 0 Å². The van der Waals surface area contributed by atoms with Gasteiger partial charge in [0.1, 0.15) is 0 Å². The summed E-state index contributed by atoms with van der Waals surface area (Å²) in [5.74, 6) is 0.948. The van der Waals surface area contributed by atoms with Crippen molar-refractivity contribution in [1.29, 1.82) is 0 Å². The van der Waals surface area contributed by atoms with Gasteiger partial charge in [-0.15, -0.1) is 0 Å². The molecule has 0 fully saturated rings. The Morgan fingerprint density at radius 1 is 1.33 bits per heavy atom. The van der Waals surface area contributed by atoms with Crippen LogP contribution in [-0.2, 0) is 4.79 Å². The molecule has 0 unspecified atom stereocenters. The molecule has 0 aromatic heterocycles. The van der Waals surface area contributed by atoms with Gasteiger partial charge >= 0.3 is 0 Å². The van der Waals surface area contributed by atoms with Crippen LogP contribution in [0.5, 0.6) is 0 Å². The highest BCUT2D eigenvalue weighted by molar-refractivity contribution is 8.11. The first kappa shape index (κ1) is 9.02. The van der Waals surface area contributed by atoms with Gasteiger partial charge < -0.3 is 0 Å². The molecule has 53 valence electrons. The molecule has 0 rings (SSSR count). The van der Waals surface area contributed by atoms with E-state index in [1.807, 2.05) is 5.62 Å². The van der Waals surface area contributed by atoms with Crippen LogP contribution in [0.4, 0.5) is 0 Å². The average Bonchev–Trinajstić information content (AvgIpc) is 1.89. The molecule has 0 aliphatic carbocycles. The molecule has 2 heteroatoms. The highest BCUT2D eigenvalue weighted by atomic mass is 32.2. The highest BCUT2D eigenvalue weighted by Crippen LogP contribution is 2.03. The number of rotatable bonds is 6. The average molecular weight is 145 g/mol. The molecule has 0 atom stereocenters. The van der Waals surface area contributed by atoms with Gasteiger partial charge in [-0.05, 0) is 6.42 Å².